The van der Waals surface area contributed by atoms with E-state index in [4.69, 9.17) is 4.52 Å². The molecule has 0 unspecified atom stereocenters. The van der Waals surface area contributed by atoms with E-state index in [1.165, 1.54) is 0 Å². The molecular formula is C22H23N3O4S. The first-order valence-corrected chi connectivity index (χ1v) is 11.2. The molecule has 1 amide bonds. The number of aromatic nitrogens is 1. The molecule has 0 radical (unpaired) electrons. The van der Waals surface area contributed by atoms with Crippen LogP contribution in [0.4, 0.5) is 5.69 Å². The van der Waals surface area contributed by atoms with Crippen LogP contribution in [0.1, 0.15) is 39.9 Å². The van der Waals surface area contributed by atoms with Crippen molar-refractivity contribution in [3.63, 3.8) is 0 Å². The van der Waals surface area contributed by atoms with E-state index in [9.17, 15) is 13.2 Å². The van der Waals surface area contributed by atoms with Crippen molar-refractivity contribution in [1.29, 1.82) is 0 Å². The number of nitrogens with zero attached hydrogens (tertiary/aromatic N) is 2. The maximum atomic E-state index is 13.1. The zero-order valence-electron chi connectivity index (χ0n) is 17.0. The van der Waals surface area contributed by atoms with E-state index in [0.29, 0.717) is 11.3 Å². The number of fused-ring (bicyclic) bond motifs is 1. The number of aryl methyl sites for hydroxylation is 2. The Hall–Kier alpha value is -2.97. The first-order valence-electron chi connectivity index (χ1n) is 9.71. The largest absolute Gasteiger partial charge is 0.360 e. The third-order valence-electron chi connectivity index (χ3n) is 5.31. The average Bonchev–Trinajstić information content (AvgIpc) is 3.24. The highest BCUT2D eigenvalue weighted by Crippen LogP contribution is 2.34. The van der Waals surface area contributed by atoms with Crippen molar-refractivity contribution in [1.82, 2.24) is 9.88 Å². The van der Waals surface area contributed by atoms with Crippen LogP contribution in [0, 0.1) is 13.8 Å². The van der Waals surface area contributed by atoms with Crippen molar-refractivity contribution in [2.45, 2.75) is 44.7 Å². The van der Waals surface area contributed by atoms with Crippen LogP contribution < -0.4 is 9.62 Å². The van der Waals surface area contributed by atoms with Gasteiger partial charge in [0.15, 0.2) is 5.76 Å². The Morgan fingerprint density at radius 1 is 1.20 bits per heavy atom. The van der Waals surface area contributed by atoms with Gasteiger partial charge in [0.25, 0.3) is 5.91 Å². The molecule has 2 heterocycles. The molecule has 1 atom stereocenters. The van der Waals surface area contributed by atoms with Crippen LogP contribution in [0.5, 0.6) is 0 Å². The van der Waals surface area contributed by atoms with E-state index in [-0.39, 0.29) is 29.1 Å². The fourth-order valence-corrected chi connectivity index (χ4v) is 5.24. The number of hydrogen-bond acceptors (Lipinski definition) is 5. The van der Waals surface area contributed by atoms with Gasteiger partial charge in [-0.1, -0.05) is 35.5 Å². The average molecular weight is 426 g/mol. The number of benzene rings is 2. The molecule has 0 bridgehead atoms. The topological polar surface area (TPSA) is 92.5 Å². The summed E-state index contributed by atoms with van der Waals surface area (Å²) in [5.41, 5.74) is 3.61. The molecule has 0 aliphatic carbocycles. The Morgan fingerprint density at radius 2 is 1.93 bits per heavy atom. The molecule has 2 aromatic carbocycles. The second-order valence-electron chi connectivity index (χ2n) is 7.54. The summed E-state index contributed by atoms with van der Waals surface area (Å²) in [6.45, 7) is 5.27. The number of amides is 1. The van der Waals surface area contributed by atoms with Gasteiger partial charge in [-0.3, -0.25) is 4.79 Å². The molecule has 0 spiro atoms. The molecule has 3 aromatic rings. The Morgan fingerprint density at radius 3 is 2.60 bits per heavy atom. The molecule has 1 aromatic heterocycles. The molecular weight excluding hydrogens is 402 g/mol. The number of rotatable bonds is 5. The third kappa shape index (κ3) is 3.64. The van der Waals surface area contributed by atoms with Crippen LogP contribution in [0.3, 0.4) is 0 Å². The lowest BCUT2D eigenvalue weighted by Gasteiger charge is -2.23. The number of hydrogen-bond donors (Lipinski definition) is 1. The van der Waals surface area contributed by atoms with Crippen molar-refractivity contribution in [3.05, 3.63) is 76.7 Å². The summed E-state index contributed by atoms with van der Waals surface area (Å²) in [6, 6.07) is 14.9. The molecule has 156 valence electrons. The zero-order valence-corrected chi connectivity index (χ0v) is 17.9. The predicted molar refractivity (Wildman–Crippen MR) is 113 cm³/mol. The fourth-order valence-electron chi connectivity index (χ4n) is 3.90. The van der Waals surface area contributed by atoms with E-state index in [1.807, 2.05) is 43.3 Å². The predicted octanol–water partition coefficient (Wildman–Crippen LogP) is 3.36. The van der Waals surface area contributed by atoms with Crippen LogP contribution in [0.15, 0.2) is 57.9 Å². The molecule has 0 saturated heterocycles. The van der Waals surface area contributed by atoms with E-state index in [0.717, 1.165) is 23.2 Å². The lowest BCUT2D eigenvalue weighted by Crippen LogP contribution is -2.35. The van der Waals surface area contributed by atoms with Gasteiger partial charge in [0.1, 0.15) is 10.6 Å². The number of sulfonamides is 1. The van der Waals surface area contributed by atoms with Gasteiger partial charge in [-0.15, -0.1) is 0 Å². The third-order valence-corrected chi connectivity index (χ3v) is 6.95. The number of carbonyl (C=O) groups excluding carboxylic acids is 1. The Labute approximate surface area is 175 Å². The Kier molecular flexibility index (Phi) is 5.21. The van der Waals surface area contributed by atoms with Gasteiger partial charge in [-0.05, 0) is 56.5 Å². The van der Waals surface area contributed by atoms with Crippen molar-refractivity contribution in [3.8, 4) is 0 Å². The molecule has 1 aliphatic heterocycles. The Balaban J connectivity index is 1.58. The zero-order chi connectivity index (χ0) is 21.5. The summed E-state index contributed by atoms with van der Waals surface area (Å²) < 4.78 is 32.9. The van der Waals surface area contributed by atoms with Gasteiger partial charge < -0.3 is 9.42 Å². The highest BCUT2D eigenvalue weighted by Gasteiger charge is 2.32. The summed E-state index contributed by atoms with van der Waals surface area (Å²) >= 11 is 0. The maximum absolute atomic E-state index is 13.1. The SMILES string of the molecule is Cc1noc(C)c1S(=O)(=O)NCc1ccc2c(c1)N(C(=O)c1ccccc1)[C@H](C)C2. The minimum Gasteiger partial charge on any atom is -0.360 e. The van der Waals surface area contributed by atoms with E-state index < -0.39 is 10.0 Å². The van der Waals surface area contributed by atoms with Crippen molar-refractivity contribution in [2.24, 2.45) is 0 Å². The van der Waals surface area contributed by atoms with E-state index >= 15 is 0 Å². The molecule has 1 N–H and O–H groups in total. The van der Waals surface area contributed by atoms with E-state index in [1.54, 1.807) is 30.9 Å². The quantitative estimate of drug-likeness (QED) is 0.677. The van der Waals surface area contributed by atoms with Crippen molar-refractivity contribution >= 4 is 21.6 Å². The second-order valence-corrected chi connectivity index (χ2v) is 9.24. The lowest BCUT2D eigenvalue weighted by atomic mass is 10.1. The van der Waals surface area contributed by atoms with E-state index in [2.05, 4.69) is 9.88 Å². The van der Waals surface area contributed by atoms with Crippen molar-refractivity contribution in [2.75, 3.05) is 4.90 Å². The standard InChI is InChI=1S/C22H23N3O4S/c1-14-11-19-10-9-17(13-23-30(27,28)21-15(2)24-29-16(21)3)12-20(19)25(14)22(26)18-7-5-4-6-8-18/h4-10,12,14,23H,11,13H2,1-3H3/t14-/m1/s1. The normalized spacial score (nSPS) is 16.0. The monoisotopic (exact) mass is 425 g/mol. The van der Waals surface area contributed by atoms with Gasteiger partial charge in [-0.25, -0.2) is 13.1 Å². The van der Waals surface area contributed by atoms with Crippen LogP contribution in [-0.4, -0.2) is 25.5 Å². The molecule has 1 aliphatic rings. The molecule has 0 fully saturated rings. The number of nitrogens with one attached hydrogen (secondary N) is 1. The molecule has 8 heteroatoms. The Bertz CT molecular complexity index is 1180. The summed E-state index contributed by atoms with van der Waals surface area (Å²) in [6.07, 6.45) is 0.763. The van der Waals surface area contributed by atoms with Crippen LogP contribution in [-0.2, 0) is 23.0 Å². The van der Waals surface area contributed by atoms with Crippen molar-refractivity contribution < 1.29 is 17.7 Å². The smallest absolute Gasteiger partial charge is 0.258 e. The maximum Gasteiger partial charge on any atom is 0.258 e. The molecule has 30 heavy (non-hydrogen) atoms. The highest BCUT2D eigenvalue weighted by molar-refractivity contribution is 7.89. The summed E-state index contributed by atoms with van der Waals surface area (Å²) in [5.74, 6) is 0.192. The molecule has 0 saturated carbocycles. The minimum atomic E-state index is -3.76. The number of anilines is 1. The molecule has 7 nitrogen and oxygen atoms in total. The van der Waals surface area contributed by atoms with Crippen LogP contribution >= 0.6 is 0 Å². The van der Waals surface area contributed by atoms with Crippen LogP contribution in [0.25, 0.3) is 0 Å². The highest BCUT2D eigenvalue weighted by atomic mass is 32.2. The van der Waals surface area contributed by atoms with Gasteiger partial charge in [0, 0.05) is 23.8 Å². The van der Waals surface area contributed by atoms with Gasteiger partial charge in [0.2, 0.25) is 10.0 Å². The van der Waals surface area contributed by atoms with Gasteiger partial charge in [-0.2, -0.15) is 0 Å². The van der Waals surface area contributed by atoms with Gasteiger partial charge in [0.05, 0.1) is 0 Å². The first kappa shape index (κ1) is 20.3. The summed E-state index contributed by atoms with van der Waals surface area (Å²) in [4.78, 5) is 14.9. The molecule has 4 rings (SSSR count). The first-order chi connectivity index (χ1) is 14.3. The van der Waals surface area contributed by atoms with Crippen LogP contribution in [0.2, 0.25) is 0 Å². The summed E-state index contributed by atoms with van der Waals surface area (Å²) in [5, 5.41) is 3.71. The van der Waals surface area contributed by atoms with Gasteiger partial charge >= 0.3 is 0 Å². The fraction of sp³-hybridized carbons (Fsp3) is 0.273. The number of carbonyl (C=O) groups is 1. The minimum absolute atomic E-state index is 0.0296. The lowest BCUT2D eigenvalue weighted by molar-refractivity contribution is 0.0981. The summed E-state index contributed by atoms with van der Waals surface area (Å²) in [7, 11) is -3.76. The second kappa shape index (κ2) is 7.70.